The smallest absolute Gasteiger partial charge is 0.269 e. The van der Waals surface area contributed by atoms with Crippen LogP contribution in [0.3, 0.4) is 0 Å². The molecule has 0 heterocycles. The largest absolute Gasteiger partial charge is 0.489 e. The van der Waals surface area contributed by atoms with Gasteiger partial charge in [0.05, 0.1) is 11.5 Å². The van der Waals surface area contributed by atoms with E-state index in [1.807, 2.05) is 0 Å². The molecule has 0 atom stereocenters. The highest BCUT2D eigenvalue weighted by Gasteiger charge is 2.05. The number of rotatable bonds is 6. The van der Waals surface area contributed by atoms with Crippen LogP contribution in [0.2, 0.25) is 0 Å². The van der Waals surface area contributed by atoms with Gasteiger partial charge in [0.1, 0.15) is 6.61 Å². The molecule has 0 bridgehead atoms. The monoisotopic (exact) mass is 335 g/mol. The van der Waals surface area contributed by atoms with Gasteiger partial charge in [0.25, 0.3) is 5.69 Å². The molecule has 8 heteroatoms. The molecule has 120 valence electrons. The molecule has 0 spiro atoms. The van der Waals surface area contributed by atoms with Gasteiger partial charge in [0.15, 0.2) is 16.7 Å². The number of nitro groups is 1. The maximum atomic E-state index is 13.3. The van der Waals surface area contributed by atoms with Crippen molar-refractivity contribution in [1.82, 2.24) is 5.32 Å². The normalized spacial score (nSPS) is 9.96. The standard InChI is InChI=1S/C15H14FN3O3S/c16-13-3-1-2-4-14(13)22-10-9-17-15(23)18-11-5-7-12(8-6-11)19(20)21/h1-8H,9-10H2,(H2,17,18,23). The van der Waals surface area contributed by atoms with E-state index < -0.39 is 10.7 Å². The Morgan fingerprint density at radius 1 is 1.22 bits per heavy atom. The Morgan fingerprint density at radius 3 is 2.57 bits per heavy atom. The molecular formula is C15H14FN3O3S. The fourth-order valence-corrected chi connectivity index (χ4v) is 1.95. The van der Waals surface area contributed by atoms with Crippen LogP contribution >= 0.6 is 12.2 Å². The van der Waals surface area contributed by atoms with Gasteiger partial charge in [-0.05, 0) is 36.5 Å². The number of non-ortho nitro benzene ring substituents is 1. The van der Waals surface area contributed by atoms with Gasteiger partial charge in [-0.3, -0.25) is 10.1 Å². The molecule has 0 aliphatic carbocycles. The number of thiocarbonyl (C=S) groups is 1. The van der Waals surface area contributed by atoms with Gasteiger partial charge in [-0.25, -0.2) is 4.39 Å². The summed E-state index contributed by atoms with van der Waals surface area (Å²) < 4.78 is 18.6. The average Bonchev–Trinajstić information content (AvgIpc) is 2.53. The molecule has 0 fully saturated rings. The van der Waals surface area contributed by atoms with Crippen LogP contribution in [0.25, 0.3) is 0 Å². The van der Waals surface area contributed by atoms with Crippen LogP contribution in [0.15, 0.2) is 48.5 Å². The van der Waals surface area contributed by atoms with Crippen LogP contribution in [0.5, 0.6) is 5.75 Å². The minimum absolute atomic E-state index is 0.00714. The lowest BCUT2D eigenvalue weighted by molar-refractivity contribution is -0.384. The molecule has 2 aromatic rings. The number of ether oxygens (including phenoxy) is 1. The van der Waals surface area contributed by atoms with E-state index >= 15 is 0 Å². The highest BCUT2D eigenvalue weighted by atomic mass is 32.1. The number of nitrogens with zero attached hydrogens (tertiary/aromatic N) is 1. The van der Waals surface area contributed by atoms with Crippen molar-refractivity contribution in [1.29, 1.82) is 0 Å². The first-order valence-corrected chi connectivity index (χ1v) is 7.14. The summed E-state index contributed by atoms with van der Waals surface area (Å²) in [6.45, 7) is 0.621. The lowest BCUT2D eigenvalue weighted by Crippen LogP contribution is -2.32. The van der Waals surface area contributed by atoms with Gasteiger partial charge in [0.2, 0.25) is 0 Å². The van der Waals surface area contributed by atoms with E-state index in [0.717, 1.165) is 0 Å². The van der Waals surface area contributed by atoms with E-state index in [-0.39, 0.29) is 18.0 Å². The maximum Gasteiger partial charge on any atom is 0.269 e. The SMILES string of the molecule is O=[N+]([O-])c1ccc(NC(=S)NCCOc2ccccc2F)cc1. The average molecular weight is 335 g/mol. The second-order valence-electron chi connectivity index (χ2n) is 4.46. The third-order valence-electron chi connectivity index (χ3n) is 2.82. The van der Waals surface area contributed by atoms with Crippen molar-refractivity contribution in [2.75, 3.05) is 18.5 Å². The highest BCUT2D eigenvalue weighted by Crippen LogP contribution is 2.16. The van der Waals surface area contributed by atoms with Crippen LogP contribution < -0.4 is 15.4 Å². The molecule has 2 N–H and O–H groups in total. The molecule has 0 amide bonds. The van der Waals surface area contributed by atoms with Crippen molar-refractivity contribution in [3.8, 4) is 5.75 Å². The van der Waals surface area contributed by atoms with Crippen LogP contribution in [-0.4, -0.2) is 23.2 Å². The summed E-state index contributed by atoms with van der Waals surface area (Å²) in [4.78, 5) is 10.1. The summed E-state index contributed by atoms with van der Waals surface area (Å²) in [6, 6.07) is 12.0. The van der Waals surface area contributed by atoms with Gasteiger partial charge in [-0.1, -0.05) is 12.1 Å². The predicted octanol–water partition coefficient (Wildman–Crippen LogP) is 3.10. The molecule has 0 unspecified atom stereocenters. The van der Waals surface area contributed by atoms with E-state index in [1.54, 1.807) is 30.3 Å². The quantitative estimate of drug-likeness (QED) is 0.366. The number of benzene rings is 2. The van der Waals surface area contributed by atoms with Crippen molar-refractivity contribution < 1.29 is 14.1 Å². The molecule has 23 heavy (non-hydrogen) atoms. The molecule has 2 aromatic carbocycles. The first-order chi connectivity index (χ1) is 11.1. The third-order valence-corrected chi connectivity index (χ3v) is 3.06. The van der Waals surface area contributed by atoms with Gasteiger partial charge < -0.3 is 15.4 Å². The second-order valence-corrected chi connectivity index (χ2v) is 4.87. The fraction of sp³-hybridized carbons (Fsp3) is 0.133. The molecule has 0 saturated heterocycles. The molecule has 0 radical (unpaired) electrons. The zero-order valence-corrected chi connectivity index (χ0v) is 12.8. The molecule has 6 nitrogen and oxygen atoms in total. The molecule has 0 aliphatic rings. The van der Waals surface area contributed by atoms with Gasteiger partial charge in [-0.2, -0.15) is 0 Å². The zero-order valence-electron chi connectivity index (χ0n) is 12.0. The first-order valence-electron chi connectivity index (χ1n) is 6.73. The summed E-state index contributed by atoms with van der Waals surface area (Å²) >= 11 is 5.09. The number of halogens is 1. The molecule has 0 saturated carbocycles. The topological polar surface area (TPSA) is 76.4 Å². The van der Waals surface area contributed by atoms with E-state index in [1.165, 1.54) is 18.2 Å². The number of para-hydroxylation sites is 1. The Hall–Kier alpha value is -2.74. The Labute approximate surface area is 137 Å². The number of hydrogen-bond donors (Lipinski definition) is 2. The second kappa shape index (κ2) is 8.04. The van der Waals surface area contributed by atoms with E-state index in [4.69, 9.17) is 17.0 Å². The molecular weight excluding hydrogens is 321 g/mol. The lowest BCUT2D eigenvalue weighted by Gasteiger charge is -2.11. The minimum Gasteiger partial charge on any atom is -0.489 e. The van der Waals surface area contributed by atoms with Crippen LogP contribution in [-0.2, 0) is 0 Å². The van der Waals surface area contributed by atoms with E-state index in [2.05, 4.69) is 10.6 Å². The fourth-order valence-electron chi connectivity index (χ4n) is 1.73. The maximum absolute atomic E-state index is 13.3. The number of nitrogens with one attached hydrogen (secondary N) is 2. The van der Waals surface area contributed by atoms with Crippen LogP contribution in [0.1, 0.15) is 0 Å². The Balaban J connectivity index is 1.73. The third kappa shape index (κ3) is 5.19. The summed E-state index contributed by atoms with van der Waals surface area (Å²) in [5.41, 5.74) is 0.635. The Morgan fingerprint density at radius 2 is 1.91 bits per heavy atom. The molecule has 0 aromatic heterocycles. The van der Waals surface area contributed by atoms with Crippen molar-refractivity contribution >= 4 is 28.7 Å². The molecule has 0 aliphatic heterocycles. The van der Waals surface area contributed by atoms with Gasteiger partial charge >= 0.3 is 0 Å². The highest BCUT2D eigenvalue weighted by molar-refractivity contribution is 7.80. The number of nitro benzene ring substituents is 1. The van der Waals surface area contributed by atoms with Crippen molar-refractivity contribution in [2.45, 2.75) is 0 Å². The van der Waals surface area contributed by atoms with Crippen molar-refractivity contribution in [3.63, 3.8) is 0 Å². The van der Waals surface area contributed by atoms with Crippen LogP contribution in [0.4, 0.5) is 15.8 Å². The zero-order chi connectivity index (χ0) is 16.7. The molecule has 2 rings (SSSR count). The number of hydrogen-bond acceptors (Lipinski definition) is 4. The van der Waals surface area contributed by atoms with Crippen molar-refractivity contribution in [3.05, 3.63) is 64.5 Å². The van der Waals surface area contributed by atoms with Crippen molar-refractivity contribution in [2.24, 2.45) is 0 Å². The lowest BCUT2D eigenvalue weighted by atomic mass is 10.3. The summed E-state index contributed by atoms with van der Waals surface area (Å²) in [6.07, 6.45) is 0. The summed E-state index contributed by atoms with van der Waals surface area (Å²) in [5, 5.41) is 16.7. The predicted molar refractivity (Wildman–Crippen MR) is 89.2 cm³/mol. The summed E-state index contributed by atoms with van der Waals surface area (Å²) in [7, 11) is 0. The van der Waals surface area contributed by atoms with Gasteiger partial charge in [-0.15, -0.1) is 0 Å². The van der Waals surface area contributed by atoms with E-state index in [0.29, 0.717) is 17.3 Å². The van der Waals surface area contributed by atoms with E-state index in [9.17, 15) is 14.5 Å². The Bertz CT molecular complexity index is 695. The van der Waals surface area contributed by atoms with Gasteiger partial charge in [0, 0.05) is 17.8 Å². The van der Waals surface area contributed by atoms with Crippen LogP contribution in [0, 0.1) is 15.9 Å². The Kier molecular flexibility index (Phi) is 5.81. The first kappa shape index (κ1) is 16.6. The number of anilines is 1. The minimum atomic E-state index is -0.472. The summed E-state index contributed by atoms with van der Waals surface area (Å²) in [5.74, 6) is -0.234.